The van der Waals surface area contributed by atoms with E-state index in [9.17, 15) is 10.1 Å². The van der Waals surface area contributed by atoms with Gasteiger partial charge in [-0.15, -0.1) is 0 Å². The van der Waals surface area contributed by atoms with Crippen LogP contribution in [0, 0.1) is 11.3 Å². The Labute approximate surface area is 238 Å². The average molecular weight is 638 g/mol. The Balaban J connectivity index is 1.74. The second-order valence-electron chi connectivity index (χ2n) is 9.53. The molecule has 0 N–H and O–H groups in total. The Bertz CT molecular complexity index is 1630. The average Bonchev–Trinajstić information content (AvgIpc) is 2.87. The molecule has 0 saturated heterocycles. The zero-order chi connectivity index (χ0) is 27.4. The summed E-state index contributed by atoms with van der Waals surface area (Å²) < 4.78 is 14.7. The molecule has 0 bridgehead atoms. The van der Waals surface area contributed by atoms with E-state index in [0.29, 0.717) is 50.4 Å². The van der Waals surface area contributed by atoms with E-state index in [1.165, 1.54) is 4.68 Å². The molecule has 1 aromatic heterocycles. The van der Waals surface area contributed by atoms with Crippen LogP contribution in [0.15, 0.2) is 73.4 Å². The van der Waals surface area contributed by atoms with E-state index in [2.05, 4.69) is 43.0 Å². The molecule has 0 radical (unpaired) electrons. The first kappa shape index (κ1) is 27.6. The highest BCUT2D eigenvalue weighted by Gasteiger charge is 2.23. The summed E-state index contributed by atoms with van der Waals surface area (Å²) in [6.07, 6.45) is 1.60. The van der Waals surface area contributed by atoms with Crippen molar-refractivity contribution in [2.24, 2.45) is 5.10 Å². The van der Waals surface area contributed by atoms with Crippen LogP contribution in [0.5, 0.6) is 11.5 Å². The fraction of sp³-hybridized carbons (Fsp3) is 0.241. The number of halogens is 2. The molecule has 0 spiro atoms. The van der Waals surface area contributed by atoms with Crippen molar-refractivity contribution in [3.8, 4) is 17.6 Å². The van der Waals surface area contributed by atoms with Crippen LogP contribution in [-0.4, -0.2) is 22.5 Å². The molecule has 3 aromatic carbocycles. The summed E-state index contributed by atoms with van der Waals surface area (Å²) in [6, 6.07) is 18.6. The van der Waals surface area contributed by atoms with Gasteiger partial charge >= 0.3 is 0 Å². The molecule has 0 aliphatic rings. The van der Waals surface area contributed by atoms with Gasteiger partial charge in [0.2, 0.25) is 0 Å². The normalized spacial score (nSPS) is 11.6. The van der Waals surface area contributed by atoms with Crippen LogP contribution in [0.4, 0.5) is 0 Å². The van der Waals surface area contributed by atoms with Crippen molar-refractivity contribution in [3.05, 3.63) is 96.4 Å². The number of aromatic nitrogens is 2. The lowest BCUT2D eigenvalue weighted by Gasteiger charge is -2.21. The third kappa shape index (κ3) is 5.98. The molecule has 9 heteroatoms. The summed E-state index contributed by atoms with van der Waals surface area (Å²) in [7, 11) is 0. The summed E-state index contributed by atoms with van der Waals surface area (Å²) in [4.78, 5) is 18.2. The first-order valence-electron chi connectivity index (χ1n) is 12.0. The molecule has 194 valence electrons. The molecule has 1 heterocycles. The zero-order valence-corrected chi connectivity index (χ0v) is 24.6. The van der Waals surface area contributed by atoms with Gasteiger partial charge in [-0.25, -0.2) is 4.98 Å². The number of benzene rings is 3. The van der Waals surface area contributed by atoms with Gasteiger partial charge in [-0.1, -0.05) is 54.9 Å². The standard InChI is InChI=1S/C29H26Br2N4O3/c1-5-37-25-13-18(12-23(31)26(25)38-17-20-9-7-6-8-19(20)15-32)16-33-35-27(36)22-14-21(30)10-11-24(22)34-28(35)29(2,3)4/h6-14,16H,5,17H2,1-4H3. The molecule has 0 aliphatic carbocycles. The van der Waals surface area contributed by atoms with E-state index in [0.717, 1.165) is 10.0 Å². The molecule has 0 aliphatic heterocycles. The lowest BCUT2D eigenvalue weighted by Crippen LogP contribution is -2.29. The highest BCUT2D eigenvalue weighted by molar-refractivity contribution is 9.10. The molecule has 4 aromatic rings. The van der Waals surface area contributed by atoms with Crippen molar-refractivity contribution < 1.29 is 9.47 Å². The van der Waals surface area contributed by atoms with Crippen molar-refractivity contribution >= 4 is 49.0 Å². The molecule has 0 fully saturated rings. The van der Waals surface area contributed by atoms with Crippen molar-refractivity contribution in [1.29, 1.82) is 5.26 Å². The van der Waals surface area contributed by atoms with Gasteiger partial charge in [-0.2, -0.15) is 15.0 Å². The predicted octanol–water partition coefficient (Wildman–Crippen LogP) is 6.95. The van der Waals surface area contributed by atoms with Crippen LogP contribution in [0.2, 0.25) is 0 Å². The Morgan fingerprint density at radius 2 is 1.87 bits per heavy atom. The van der Waals surface area contributed by atoms with Crippen LogP contribution in [-0.2, 0) is 12.0 Å². The minimum absolute atomic E-state index is 0.207. The van der Waals surface area contributed by atoms with Gasteiger partial charge in [-0.05, 0) is 64.8 Å². The molecular weight excluding hydrogens is 612 g/mol. The van der Waals surface area contributed by atoms with Crippen LogP contribution >= 0.6 is 31.9 Å². The lowest BCUT2D eigenvalue weighted by atomic mass is 9.95. The number of nitriles is 1. The molecule has 0 saturated carbocycles. The Kier molecular flexibility index (Phi) is 8.34. The SMILES string of the molecule is CCOc1cc(C=Nn2c(C(C)(C)C)nc3ccc(Br)cc3c2=O)cc(Br)c1OCc1ccccc1C#N. The van der Waals surface area contributed by atoms with E-state index < -0.39 is 5.41 Å². The summed E-state index contributed by atoms with van der Waals surface area (Å²) >= 11 is 7.02. The van der Waals surface area contributed by atoms with Gasteiger partial charge < -0.3 is 9.47 Å². The van der Waals surface area contributed by atoms with Gasteiger partial charge in [0.05, 0.1) is 39.8 Å². The van der Waals surface area contributed by atoms with Gasteiger partial charge in [0.1, 0.15) is 12.4 Å². The van der Waals surface area contributed by atoms with E-state index >= 15 is 0 Å². The molecular formula is C29H26Br2N4O3. The molecule has 4 rings (SSSR count). The number of rotatable bonds is 7. The first-order chi connectivity index (χ1) is 18.1. The first-order valence-corrected chi connectivity index (χ1v) is 13.5. The largest absolute Gasteiger partial charge is 0.490 e. The summed E-state index contributed by atoms with van der Waals surface area (Å²) in [5, 5.41) is 14.4. The number of fused-ring (bicyclic) bond motifs is 1. The van der Waals surface area contributed by atoms with Crippen molar-refractivity contribution in [2.45, 2.75) is 39.7 Å². The van der Waals surface area contributed by atoms with Gasteiger partial charge in [0, 0.05) is 15.5 Å². The predicted molar refractivity (Wildman–Crippen MR) is 156 cm³/mol. The van der Waals surface area contributed by atoms with Crippen molar-refractivity contribution in [3.63, 3.8) is 0 Å². The van der Waals surface area contributed by atoms with Crippen LogP contribution in [0.25, 0.3) is 10.9 Å². The van der Waals surface area contributed by atoms with Crippen molar-refractivity contribution in [1.82, 2.24) is 9.66 Å². The number of ether oxygens (including phenoxy) is 2. The monoisotopic (exact) mass is 636 g/mol. The fourth-order valence-corrected chi connectivity index (χ4v) is 4.77. The van der Waals surface area contributed by atoms with E-state index in [1.54, 1.807) is 24.4 Å². The van der Waals surface area contributed by atoms with Crippen LogP contribution in [0.3, 0.4) is 0 Å². The quantitative estimate of drug-likeness (QED) is 0.205. The van der Waals surface area contributed by atoms with Gasteiger partial charge in [0.25, 0.3) is 5.56 Å². The van der Waals surface area contributed by atoms with E-state index in [4.69, 9.17) is 14.5 Å². The summed E-state index contributed by atoms with van der Waals surface area (Å²) in [5.41, 5.74) is 1.98. The smallest absolute Gasteiger partial charge is 0.282 e. The molecule has 0 atom stereocenters. The Morgan fingerprint density at radius 1 is 1.11 bits per heavy atom. The lowest BCUT2D eigenvalue weighted by molar-refractivity contribution is 0.267. The van der Waals surface area contributed by atoms with E-state index in [1.807, 2.05) is 64.1 Å². The van der Waals surface area contributed by atoms with Gasteiger partial charge in [-0.3, -0.25) is 4.79 Å². The fourth-order valence-electron chi connectivity index (χ4n) is 3.84. The summed E-state index contributed by atoms with van der Waals surface area (Å²) in [6.45, 7) is 8.49. The molecule has 7 nitrogen and oxygen atoms in total. The number of hydrogen-bond donors (Lipinski definition) is 0. The van der Waals surface area contributed by atoms with Crippen LogP contribution < -0.4 is 15.0 Å². The number of hydrogen-bond acceptors (Lipinski definition) is 6. The molecule has 38 heavy (non-hydrogen) atoms. The second-order valence-corrected chi connectivity index (χ2v) is 11.3. The van der Waals surface area contributed by atoms with E-state index in [-0.39, 0.29) is 12.2 Å². The van der Waals surface area contributed by atoms with Crippen molar-refractivity contribution in [2.75, 3.05) is 6.61 Å². The third-order valence-corrected chi connectivity index (χ3v) is 6.73. The number of nitrogens with zero attached hydrogens (tertiary/aromatic N) is 4. The second kappa shape index (κ2) is 11.5. The summed E-state index contributed by atoms with van der Waals surface area (Å²) in [5.74, 6) is 1.58. The molecule has 0 unspecified atom stereocenters. The highest BCUT2D eigenvalue weighted by atomic mass is 79.9. The molecule has 0 amide bonds. The topological polar surface area (TPSA) is 89.5 Å². The maximum absolute atomic E-state index is 13.4. The third-order valence-electron chi connectivity index (χ3n) is 5.64. The minimum Gasteiger partial charge on any atom is -0.490 e. The minimum atomic E-state index is -0.424. The Morgan fingerprint density at radius 3 is 2.58 bits per heavy atom. The zero-order valence-electron chi connectivity index (χ0n) is 21.5. The Hall–Kier alpha value is -3.48. The maximum atomic E-state index is 13.4. The van der Waals surface area contributed by atoms with Gasteiger partial charge in [0.15, 0.2) is 11.5 Å². The highest BCUT2D eigenvalue weighted by Crippen LogP contribution is 2.37. The van der Waals surface area contributed by atoms with Crippen LogP contribution in [0.1, 0.15) is 50.2 Å². The maximum Gasteiger partial charge on any atom is 0.282 e.